The van der Waals surface area contributed by atoms with Crippen LogP contribution in [-0.4, -0.2) is 150 Å². The van der Waals surface area contributed by atoms with Crippen molar-refractivity contribution in [1.29, 1.82) is 0 Å². The Morgan fingerprint density at radius 2 is 1.40 bits per heavy atom. The molecule has 15 heteroatoms. The molecule has 1 atom stereocenters. The maximum absolute atomic E-state index is 15.0. The molecular formula is C45H64FN8O6+. The fraction of sp³-hybridized carbons (Fsp3) is 0.600. The Labute approximate surface area is 353 Å². The van der Waals surface area contributed by atoms with Crippen LogP contribution in [0.15, 0.2) is 42.5 Å². The lowest BCUT2D eigenvalue weighted by Gasteiger charge is -2.41. The SMILES string of the molecule is CC(C)(C)OC(=O)N[C@@H](C(=O)N1CCN(CC2CCN(CC(=O)N3CCN(C(=O)c4cc(CC(=[NH2+])c5ccccc5C(N)=O)ccc4F)CC3)CC2)CC1)C1CCCCC1. The predicted octanol–water partition coefficient (Wildman–Crippen LogP) is 2.33. The highest BCUT2D eigenvalue weighted by atomic mass is 19.1. The van der Waals surface area contributed by atoms with Crippen molar-refractivity contribution in [2.45, 2.75) is 83.8 Å². The van der Waals surface area contributed by atoms with Crippen LogP contribution in [0.5, 0.6) is 0 Å². The third kappa shape index (κ3) is 11.9. The zero-order valence-electron chi connectivity index (χ0n) is 35.6. The van der Waals surface area contributed by atoms with E-state index in [4.69, 9.17) is 15.9 Å². The van der Waals surface area contributed by atoms with Crippen LogP contribution in [0, 0.1) is 17.7 Å². The van der Waals surface area contributed by atoms with E-state index in [0.29, 0.717) is 74.1 Å². The van der Waals surface area contributed by atoms with E-state index in [9.17, 15) is 28.4 Å². The largest absolute Gasteiger partial charge is 0.444 e. The first-order valence-corrected chi connectivity index (χ1v) is 21.7. The summed E-state index contributed by atoms with van der Waals surface area (Å²) in [4.78, 5) is 75.2. The van der Waals surface area contributed by atoms with Gasteiger partial charge in [-0.1, -0.05) is 37.5 Å². The zero-order valence-corrected chi connectivity index (χ0v) is 35.6. The van der Waals surface area contributed by atoms with Crippen LogP contribution in [0.25, 0.3) is 0 Å². The molecule has 6 rings (SSSR count). The van der Waals surface area contributed by atoms with E-state index >= 15 is 0 Å². The number of benzene rings is 2. The van der Waals surface area contributed by atoms with Crippen LogP contribution in [0.3, 0.4) is 0 Å². The highest BCUT2D eigenvalue weighted by molar-refractivity contribution is 6.08. The first kappa shape index (κ1) is 44.7. The molecule has 0 aromatic heterocycles. The minimum absolute atomic E-state index is 0.000440. The lowest BCUT2D eigenvalue weighted by molar-refractivity contribution is -0.137. The second-order valence-corrected chi connectivity index (χ2v) is 18.0. The van der Waals surface area contributed by atoms with Gasteiger partial charge in [-0.25, -0.2) is 9.18 Å². The summed E-state index contributed by atoms with van der Waals surface area (Å²) >= 11 is 0. The van der Waals surface area contributed by atoms with Gasteiger partial charge >= 0.3 is 6.09 Å². The molecule has 1 saturated carbocycles. The van der Waals surface area contributed by atoms with Crippen LogP contribution in [-0.2, 0) is 20.7 Å². The number of likely N-dealkylation sites (tertiary alicyclic amines) is 1. The molecule has 1 aliphatic carbocycles. The minimum atomic E-state index is -0.636. The number of piperazine rings is 2. The molecular weight excluding hydrogens is 768 g/mol. The third-order valence-corrected chi connectivity index (χ3v) is 12.4. The van der Waals surface area contributed by atoms with Gasteiger partial charge in [0.05, 0.1) is 29.7 Å². The molecule has 2 aromatic rings. The number of nitrogens with one attached hydrogen (secondary N) is 1. The normalized spacial score (nSPS) is 19.4. The number of carbonyl (C=O) groups is 5. The van der Waals surface area contributed by atoms with Crippen molar-refractivity contribution in [2.75, 3.05) is 78.5 Å². The summed E-state index contributed by atoms with van der Waals surface area (Å²) in [5.41, 5.74) is 6.62. The number of primary amides is 1. The number of nitrogens with two attached hydrogens (primary N) is 2. The van der Waals surface area contributed by atoms with Gasteiger partial charge < -0.3 is 30.5 Å². The molecule has 3 aliphatic heterocycles. The van der Waals surface area contributed by atoms with Crippen LogP contribution in [0.2, 0.25) is 0 Å². The van der Waals surface area contributed by atoms with E-state index in [-0.39, 0.29) is 29.7 Å². The van der Waals surface area contributed by atoms with Crippen molar-refractivity contribution in [1.82, 2.24) is 29.8 Å². The smallest absolute Gasteiger partial charge is 0.408 e. The Hall–Kier alpha value is -4.89. The van der Waals surface area contributed by atoms with Crippen molar-refractivity contribution < 1.29 is 38.5 Å². The number of rotatable bonds is 12. The number of amides is 5. The summed E-state index contributed by atoms with van der Waals surface area (Å²) in [5.74, 6) is -1.00. The molecule has 3 saturated heterocycles. The Morgan fingerprint density at radius 1 is 0.783 bits per heavy atom. The third-order valence-electron chi connectivity index (χ3n) is 12.4. The number of piperidine rings is 1. The lowest BCUT2D eigenvalue weighted by atomic mass is 9.83. The summed E-state index contributed by atoms with van der Waals surface area (Å²) in [5, 5.41) is 9.29. The maximum atomic E-state index is 15.0. The fourth-order valence-corrected chi connectivity index (χ4v) is 9.08. The number of nitrogens with zero attached hydrogens (tertiary/aromatic N) is 5. The number of alkyl carbamates (subject to hydrolysis) is 1. The number of hydrogen-bond donors (Lipinski definition) is 3. The first-order valence-electron chi connectivity index (χ1n) is 21.7. The molecule has 60 heavy (non-hydrogen) atoms. The molecule has 3 heterocycles. The van der Waals surface area contributed by atoms with Gasteiger partial charge in [-0.3, -0.25) is 34.4 Å². The Bertz CT molecular complexity index is 1870. The van der Waals surface area contributed by atoms with Crippen LogP contribution >= 0.6 is 0 Å². The molecule has 5 N–H and O–H groups in total. The lowest BCUT2D eigenvalue weighted by Crippen LogP contribution is -2.58. The van der Waals surface area contributed by atoms with Gasteiger partial charge in [-0.05, 0) is 101 Å². The summed E-state index contributed by atoms with van der Waals surface area (Å²) in [6, 6.07) is 10.5. The molecule has 4 aliphatic rings. The average molecular weight is 832 g/mol. The Morgan fingerprint density at radius 3 is 2.03 bits per heavy atom. The molecule has 4 fully saturated rings. The molecule has 0 bridgehead atoms. The monoisotopic (exact) mass is 831 g/mol. The van der Waals surface area contributed by atoms with Gasteiger partial charge in [0.25, 0.3) is 5.91 Å². The van der Waals surface area contributed by atoms with E-state index in [2.05, 4.69) is 15.1 Å². The van der Waals surface area contributed by atoms with Crippen LogP contribution in [0.1, 0.15) is 97.6 Å². The molecule has 0 radical (unpaired) electrons. The number of ether oxygens (including phenoxy) is 1. The molecule has 0 unspecified atom stereocenters. The maximum Gasteiger partial charge on any atom is 0.408 e. The Kier molecular flexibility index (Phi) is 15.0. The molecule has 2 aromatic carbocycles. The molecule has 14 nitrogen and oxygen atoms in total. The number of hydrogen-bond acceptors (Lipinski definition) is 8. The first-order chi connectivity index (χ1) is 28.6. The van der Waals surface area contributed by atoms with Gasteiger partial charge in [0.1, 0.15) is 17.5 Å². The van der Waals surface area contributed by atoms with E-state index in [0.717, 1.165) is 77.7 Å². The predicted molar refractivity (Wildman–Crippen MR) is 225 cm³/mol. The summed E-state index contributed by atoms with van der Waals surface area (Å²) in [6.07, 6.45) is 6.82. The average Bonchev–Trinajstić information content (AvgIpc) is 3.23. The van der Waals surface area contributed by atoms with E-state index in [1.54, 1.807) is 40.1 Å². The van der Waals surface area contributed by atoms with E-state index < -0.39 is 35.4 Å². The van der Waals surface area contributed by atoms with Crippen molar-refractivity contribution in [2.24, 2.45) is 17.6 Å². The Balaban J connectivity index is 0.909. The van der Waals surface area contributed by atoms with Gasteiger partial charge in [-0.15, -0.1) is 0 Å². The standard InChI is InChI=1S/C45H63FN8O6/c1-45(2,3)60-44(59)49-40(33-9-5-4-6-10-33)43(58)54-21-19-51(20-22-54)29-31-15-17-50(18-16-31)30-39(55)52-23-25-53(26-24-52)42(57)36-27-32(13-14-37(36)46)28-38(47)34-11-7-8-12-35(34)41(48)56/h7-8,11-14,27,31,33,40,47H,4-6,9-10,15-26,28-30H2,1-3H3,(H2,48,56)(H,49,59)/p+1/t40-/m1/s1. The summed E-state index contributed by atoms with van der Waals surface area (Å²) < 4.78 is 20.5. The highest BCUT2D eigenvalue weighted by Gasteiger charge is 2.37. The van der Waals surface area contributed by atoms with Gasteiger partial charge in [0, 0.05) is 58.9 Å². The van der Waals surface area contributed by atoms with Gasteiger partial charge in [0.15, 0.2) is 5.71 Å². The van der Waals surface area contributed by atoms with Crippen molar-refractivity contribution >= 4 is 35.4 Å². The number of carbonyl (C=O) groups excluding carboxylic acids is 5. The summed E-state index contributed by atoms with van der Waals surface area (Å²) in [6.45, 7) is 12.6. The van der Waals surface area contributed by atoms with E-state index in [1.807, 2.05) is 25.7 Å². The summed E-state index contributed by atoms with van der Waals surface area (Å²) in [7, 11) is 0. The second kappa shape index (κ2) is 20.1. The minimum Gasteiger partial charge on any atom is -0.444 e. The fourth-order valence-electron chi connectivity index (χ4n) is 9.08. The van der Waals surface area contributed by atoms with E-state index in [1.165, 1.54) is 12.1 Å². The molecule has 5 amide bonds. The topological polar surface area (TPSA) is 174 Å². The van der Waals surface area contributed by atoms with Crippen molar-refractivity contribution in [3.05, 3.63) is 70.5 Å². The van der Waals surface area contributed by atoms with Crippen LogP contribution < -0.4 is 16.5 Å². The molecule has 326 valence electrons. The van der Waals surface area contributed by atoms with Gasteiger partial charge in [0.2, 0.25) is 17.7 Å². The second-order valence-electron chi connectivity index (χ2n) is 18.0. The quantitative estimate of drug-likeness (QED) is 0.274. The highest BCUT2D eigenvalue weighted by Crippen LogP contribution is 2.28. The van der Waals surface area contributed by atoms with Crippen LogP contribution in [0.4, 0.5) is 9.18 Å². The van der Waals surface area contributed by atoms with Gasteiger partial charge in [-0.2, -0.15) is 0 Å². The molecule has 0 spiro atoms. The zero-order chi connectivity index (χ0) is 43.0. The van der Waals surface area contributed by atoms with Crippen molar-refractivity contribution in [3.8, 4) is 0 Å². The number of halogens is 1. The van der Waals surface area contributed by atoms with Crippen molar-refractivity contribution in [3.63, 3.8) is 0 Å².